The molecule has 0 radical (unpaired) electrons. The van der Waals surface area contributed by atoms with Crippen molar-refractivity contribution in [2.75, 3.05) is 26.2 Å². The highest BCUT2D eigenvalue weighted by Crippen LogP contribution is 2.16. The number of aliphatic hydroxyl groups is 1. The fourth-order valence-corrected chi connectivity index (χ4v) is 8.36. The average molecular weight is 1190 g/mol. The lowest BCUT2D eigenvalue weighted by atomic mass is 10.0. The Morgan fingerprint density at radius 2 is 0.902 bits per heavy atom. The molecular weight excluding hydrogens is 1110 g/mol. The van der Waals surface area contributed by atoms with Gasteiger partial charge in [-0.25, -0.2) is 13.1 Å². The van der Waals surface area contributed by atoms with Crippen molar-refractivity contribution >= 4 is 92.7 Å². The summed E-state index contributed by atoms with van der Waals surface area (Å²) in [5, 5.41) is 58.9. The number of carbonyl (C=O) groups excluding carboxylic acids is 9. The van der Waals surface area contributed by atoms with E-state index in [0.29, 0.717) is 0 Å². The van der Waals surface area contributed by atoms with E-state index < -0.39 is 171 Å². The van der Waals surface area contributed by atoms with Crippen molar-refractivity contribution in [3.8, 4) is 0 Å². The van der Waals surface area contributed by atoms with Crippen LogP contribution in [0.3, 0.4) is 0 Å². The van der Waals surface area contributed by atoms with Gasteiger partial charge in [-0.3, -0.25) is 72.8 Å². The smallest absolute Gasteiger partial charge is 0.305 e. The largest absolute Gasteiger partial charge is 0.481 e. The predicted molar refractivity (Wildman–Crippen MR) is 289 cm³/mol. The molecule has 22 N–H and O–H groups in total. The Morgan fingerprint density at radius 3 is 1.28 bits per heavy atom. The Hall–Kier alpha value is -8.80. The second-order valence-electron chi connectivity index (χ2n) is 19.2. The molecule has 0 saturated heterocycles. The first-order valence-electron chi connectivity index (χ1n) is 25.3. The number of nitrogens with two attached hydrogens (primary N) is 5. The number of sulfonamides is 1. The second kappa shape index (κ2) is 35.0. The van der Waals surface area contributed by atoms with Crippen molar-refractivity contribution in [2.45, 2.75) is 139 Å². The SMILES string of the molecule is CC(=O)N[C@@H](CCCN=C(N)N)C(=O)NC(CNS(=O)(=O)c1ccc([N+](=O)[O-])cc1)C(=O)N[C@@H](CC(=O)O)C(=O)N[C@@H](CC(C)C)C(=O)N[C@@H](CC(=O)O)C(=O)N[C@@H](CO)C(=O)N[C@@H](CC(C)C)C(=O)N[C@@H](CCCN=C(N)N)C(N)=O. The number of carbonyl (C=O) groups is 11. The number of benzene rings is 1. The highest BCUT2D eigenvalue weighted by molar-refractivity contribution is 7.89. The maximum atomic E-state index is 14.1. The van der Waals surface area contributed by atoms with Gasteiger partial charge < -0.3 is 86.5 Å². The van der Waals surface area contributed by atoms with E-state index in [4.69, 9.17) is 28.7 Å². The predicted octanol–water partition coefficient (Wildman–Crippen LogP) is -6.60. The molecular formula is C46H75N17O18S. The number of carboxylic acids is 2. The van der Waals surface area contributed by atoms with Crippen LogP contribution in [0.4, 0.5) is 5.69 Å². The van der Waals surface area contributed by atoms with E-state index in [9.17, 15) is 86.6 Å². The number of carboxylic acid groups (broad SMARTS) is 2. The summed E-state index contributed by atoms with van der Waals surface area (Å²) in [6, 6.07) is -10.5. The second-order valence-corrected chi connectivity index (χ2v) is 21.0. The number of hydrogen-bond acceptors (Lipinski definition) is 18. The number of rotatable bonds is 38. The van der Waals surface area contributed by atoms with Crippen LogP contribution in [0.15, 0.2) is 39.1 Å². The van der Waals surface area contributed by atoms with Crippen LogP contribution in [0.2, 0.25) is 0 Å². The Labute approximate surface area is 470 Å². The van der Waals surface area contributed by atoms with Crippen LogP contribution in [-0.2, 0) is 62.8 Å². The first-order chi connectivity index (χ1) is 38.2. The number of nitro benzene ring substituents is 1. The van der Waals surface area contributed by atoms with Gasteiger partial charge in [0.05, 0.1) is 29.3 Å². The van der Waals surface area contributed by atoms with Gasteiger partial charge in [0.15, 0.2) is 11.9 Å². The van der Waals surface area contributed by atoms with Crippen LogP contribution in [0.5, 0.6) is 0 Å². The molecule has 82 heavy (non-hydrogen) atoms. The van der Waals surface area contributed by atoms with Gasteiger partial charge in [0, 0.05) is 38.7 Å². The number of guanidine groups is 2. The Kier molecular flexibility index (Phi) is 30.4. The molecule has 0 heterocycles. The minimum Gasteiger partial charge on any atom is -0.481 e. The fraction of sp³-hybridized carbons (Fsp3) is 0.587. The van der Waals surface area contributed by atoms with Crippen molar-refractivity contribution in [3.05, 3.63) is 34.4 Å². The van der Waals surface area contributed by atoms with Gasteiger partial charge in [-0.1, -0.05) is 27.7 Å². The minimum atomic E-state index is -4.66. The minimum absolute atomic E-state index is 0.00586. The molecule has 1 unspecified atom stereocenters. The monoisotopic (exact) mass is 1190 g/mol. The van der Waals surface area contributed by atoms with E-state index in [1.165, 1.54) is 0 Å². The summed E-state index contributed by atoms with van der Waals surface area (Å²) in [5.74, 6) is -15.0. The van der Waals surface area contributed by atoms with Crippen molar-refractivity contribution < 1.29 is 81.4 Å². The maximum Gasteiger partial charge on any atom is 0.305 e. The number of nitro groups is 1. The first kappa shape index (κ1) is 71.2. The van der Waals surface area contributed by atoms with Crippen LogP contribution in [0.25, 0.3) is 0 Å². The summed E-state index contributed by atoms with van der Waals surface area (Å²) in [6.07, 6.45) is -2.65. The fourth-order valence-electron chi connectivity index (χ4n) is 7.31. The molecule has 0 bridgehead atoms. The van der Waals surface area contributed by atoms with Crippen LogP contribution in [0, 0.1) is 22.0 Å². The van der Waals surface area contributed by atoms with Crippen LogP contribution < -0.4 is 75.9 Å². The number of nitrogens with zero attached hydrogens (tertiary/aromatic N) is 3. The molecule has 0 aromatic heterocycles. The van der Waals surface area contributed by atoms with Gasteiger partial charge in [-0.05, 0) is 62.5 Å². The molecule has 35 nitrogen and oxygen atoms in total. The molecule has 0 aliphatic rings. The molecule has 9 amide bonds. The summed E-state index contributed by atoms with van der Waals surface area (Å²) in [5.41, 5.74) is 26.3. The molecule has 0 aliphatic carbocycles. The zero-order chi connectivity index (χ0) is 62.6. The summed E-state index contributed by atoms with van der Waals surface area (Å²) in [6.45, 7) is 5.42. The zero-order valence-electron chi connectivity index (χ0n) is 45.7. The molecule has 0 fully saturated rings. The number of aliphatic carboxylic acids is 2. The third kappa shape index (κ3) is 27.4. The summed E-state index contributed by atoms with van der Waals surface area (Å²) in [7, 11) is -4.66. The van der Waals surface area contributed by atoms with E-state index in [1.54, 1.807) is 27.7 Å². The lowest BCUT2D eigenvalue weighted by Crippen LogP contribution is -2.62. The van der Waals surface area contributed by atoms with Gasteiger partial charge in [0.25, 0.3) is 5.69 Å². The van der Waals surface area contributed by atoms with E-state index in [-0.39, 0.29) is 69.5 Å². The van der Waals surface area contributed by atoms with Gasteiger partial charge in [0.2, 0.25) is 63.2 Å². The third-order valence-corrected chi connectivity index (χ3v) is 12.7. The molecule has 8 atom stereocenters. The average Bonchev–Trinajstić information content (AvgIpc) is 3.36. The van der Waals surface area contributed by atoms with Crippen molar-refractivity contribution in [2.24, 2.45) is 50.5 Å². The molecule has 1 aromatic rings. The Bertz CT molecular complexity index is 2610. The zero-order valence-corrected chi connectivity index (χ0v) is 46.5. The van der Waals surface area contributed by atoms with Crippen LogP contribution in [0.1, 0.15) is 86.0 Å². The number of aliphatic hydroxyl groups excluding tert-OH is 1. The van der Waals surface area contributed by atoms with Gasteiger partial charge >= 0.3 is 11.9 Å². The number of primary amides is 1. The van der Waals surface area contributed by atoms with Crippen molar-refractivity contribution in [1.29, 1.82) is 0 Å². The first-order valence-corrected chi connectivity index (χ1v) is 26.7. The van der Waals surface area contributed by atoms with Gasteiger partial charge in [-0.2, -0.15) is 0 Å². The van der Waals surface area contributed by atoms with Crippen LogP contribution in [-0.4, -0.2) is 180 Å². The third-order valence-electron chi connectivity index (χ3n) is 11.2. The van der Waals surface area contributed by atoms with E-state index in [2.05, 4.69) is 52.5 Å². The number of amides is 9. The molecule has 0 aliphatic heterocycles. The summed E-state index contributed by atoms with van der Waals surface area (Å²) < 4.78 is 28.7. The lowest BCUT2D eigenvalue weighted by molar-refractivity contribution is -0.384. The van der Waals surface area contributed by atoms with Gasteiger partial charge in [0.1, 0.15) is 48.3 Å². The lowest BCUT2D eigenvalue weighted by Gasteiger charge is -2.28. The van der Waals surface area contributed by atoms with Crippen LogP contribution >= 0.6 is 0 Å². The Balaban J connectivity index is 3.56. The van der Waals surface area contributed by atoms with Crippen molar-refractivity contribution in [3.63, 3.8) is 0 Å². The number of non-ortho nitro benzene ring substituents is 1. The highest BCUT2D eigenvalue weighted by atomic mass is 32.2. The van der Waals surface area contributed by atoms with Gasteiger partial charge in [-0.15, -0.1) is 0 Å². The highest BCUT2D eigenvalue weighted by Gasteiger charge is 2.36. The molecule has 458 valence electrons. The molecule has 1 aromatic carbocycles. The topological polar surface area (TPSA) is 589 Å². The normalized spacial score (nSPS) is 14.0. The summed E-state index contributed by atoms with van der Waals surface area (Å²) >= 11 is 0. The van der Waals surface area contributed by atoms with E-state index >= 15 is 0 Å². The number of hydrogen-bond donors (Lipinski definition) is 17. The number of aliphatic imine (C=N–C) groups is 2. The molecule has 36 heteroatoms. The quantitative estimate of drug-likeness (QED) is 0.00962. The maximum absolute atomic E-state index is 14.1. The standard InChI is InChI=1S/C46H75N17O18S/c1-22(2)16-29(39(72)56-27(37(47)70)8-6-14-52-45(48)49)58-44(77)34(21-64)62-42(75)32(19-36(68)69)59-40(73)30(17-23(3)4)57-41(74)31(18-35(66)67)60-43(76)33(20-54-82(80,81)26-12-10-25(11-13-26)63(78)79)61-38(71)28(55-24(5)65)9-7-15-53-46(50)51/h10-13,22-23,27-34,54,64H,6-9,14-21H2,1-5H3,(H2,47,70)(H,55,65)(H,56,72)(H,57,74)(H,58,77)(H,59,73)(H,60,76)(H,61,71)(H,62,75)(H,66,67)(H,68,69)(H4,48,49,52)(H4,50,51,53)/t27-,28-,29-,30-,31-,32-,33?,34-/m0/s1. The number of nitrogens with one attached hydrogen (secondary N) is 9. The van der Waals surface area contributed by atoms with E-state index in [0.717, 1.165) is 31.2 Å². The summed E-state index contributed by atoms with van der Waals surface area (Å²) in [4.78, 5) is 162. The van der Waals surface area contributed by atoms with E-state index in [1.807, 2.05) is 4.72 Å². The Morgan fingerprint density at radius 1 is 0.549 bits per heavy atom. The van der Waals surface area contributed by atoms with Crippen molar-refractivity contribution in [1.82, 2.24) is 47.3 Å². The molecule has 0 spiro atoms. The molecule has 1 rings (SSSR count). The molecule has 0 saturated carbocycles.